The average Bonchev–Trinajstić information content (AvgIpc) is 2.89. The van der Waals surface area contributed by atoms with Gasteiger partial charge in [-0.05, 0) is 6.42 Å². The second-order valence-electron chi connectivity index (χ2n) is 4.40. The Morgan fingerprint density at radius 1 is 1.33 bits per heavy atom. The number of nitrogens with two attached hydrogens (primary N) is 1. The molecule has 0 aliphatic rings. The van der Waals surface area contributed by atoms with Crippen LogP contribution in [-0.4, -0.2) is 55.7 Å². The summed E-state index contributed by atoms with van der Waals surface area (Å²) in [6.07, 6.45) is 1.70. The van der Waals surface area contributed by atoms with E-state index in [1.54, 1.807) is 4.57 Å². The maximum atomic E-state index is 8.98. The molecule has 0 fully saturated rings. The van der Waals surface area contributed by atoms with Crippen molar-refractivity contribution in [1.82, 2.24) is 19.5 Å². The van der Waals surface area contributed by atoms with Crippen LogP contribution < -0.4 is 10.5 Å². The summed E-state index contributed by atoms with van der Waals surface area (Å²) in [5.41, 5.74) is 6.64. The number of hydrogen-bond acceptors (Lipinski definition) is 8. The normalized spacial score (nSPS) is 11.4. The lowest BCUT2D eigenvalue weighted by Crippen LogP contribution is -2.23. The zero-order chi connectivity index (χ0) is 15.2. The van der Waals surface area contributed by atoms with Gasteiger partial charge in [-0.1, -0.05) is 6.92 Å². The topological polar surface area (TPSA) is 129 Å². The van der Waals surface area contributed by atoms with Crippen LogP contribution in [0.3, 0.4) is 0 Å². The molecule has 2 aromatic rings. The summed E-state index contributed by atoms with van der Waals surface area (Å²) >= 11 is 0. The summed E-state index contributed by atoms with van der Waals surface area (Å²) in [6.45, 7) is 2.02. The molecule has 4 N–H and O–H groups in total. The van der Waals surface area contributed by atoms with E-state index in [-0.39, 0.29) is 25.9 Å². The molecule has 0 atom stereocenters. The maximum Gasteiger partial charge on any atom is 0.247 e. The van der Waals surface area contributed by atoms with Crippen molar-refractivity contribution in [2.24, 2.45) is 0 Å². The number of fused-ring (bicyclic) bond motifs is 1. The smallest absolute Gasteiger partial charge is 0.247 e. The summed E-state index contributed by atoms with van der Waals surface area (Å²) in [6, 6.07) is 0. The molecule has 0 aliphatic carbocycles. The lowest BCUT2D eigenvalue weighted by atomic mass is 10.4. The molecule has 0 aromatic carbocycles. The molecule has 2 rings (SSSR count). The van der Waals surface area contributed by atoms with E-state index in [2.05, 4.69) is 15.0 Å². The predicted octanol–water partition coefficient (Wildman–Crippen LogP) is -0.475. The maximum absolute atomic E-state index is 8.98. The first kappa shape index (κ1) is 15.4. The van der Waals surface area contributed by atoms with Gasteiger partial charge in [0.05, 0.1) is 26.1 Å². The molecule has 116 valence electrons. The van der Waals surface area contributed by atoms with Crippen LogP contribution >= 0.6 is 0 Å². The zero-order valence-corrected chi connectivity index (χ0v) is 11.8. The third kappa shape index (κ3) is 3.57. The van der Waals surface area contributed by atoms with E-state index >= 15 is 0 Å². The number of aliphatic hydroxyl groups excluding tert-OH is 2. The van der Waals surface area contributed by atoms with E-state index in [9.17, 15) is 0 Å². The fourth-order valence-corrected chi connectivity index (χ4v) is 1.68. The summed E-state index contributed by atoms with van der Waals surface area (Å²) in [5.74, 6) is 0.412. The highest BCUT2D eigenvalue weighted by Crippen LogP contribution is 2.22. The van der Waals surface area contributed by atoms with Crippen molar-refractivity contribution in [3.8, 4) is 5.88 Å². The van der Waals surface area contributed by atoms with Gasteiger partial charge in [0.15, 0.2) is 11.2 Å². The number of nitrogen functional groups attached to an aromatic ring is 1. The van der Waals surface area contributed by atoms with E-state index in [1.807, 2.05) is 6.92 Å². The van der Waals surface area contributed by atoms with E-state index in [1.165, 1.54) is 6.33 Å². The van der Waals surface area contributed by atoms with E-state index in [0.29, 0.717) is 23.7 Å². The van der Waals surface area contributed by atoms with Crippen LogP contribution in [0.15, 0.2) is 6.33 Å². The number of anilines is 1. The van der Waals surface area contributed by atoms with E-state index < -0.39 is 6.10 Å². The lowest BCUT2D eigenvalue weighted by Gasteiger charge is -2.13. The Bertz CT molecular complexity index is 584. The van der Waals surface area contributed by atoms with E-state index in [0.717, 1.165) is 6.42 Å². The molecule has 0 bridgehead atoms. The highest BCUT2D eigenvalue weighted by molar-refractivity contribution is 5.77. The average molecular weight is 297 g/mol. The Morgan fingerprint density at radius 2 is 2.10 bits per heavy atom. The van der Waals surface area contributed by atoms with Gasteiger partial charge in [0.2, 0.25) is 11.8 Å². The first-order valence-electron chi connectivity index (χ1n) is 6.64. The Labute approximate surface area is 121 Å². The predicted molar refractivity (Wildman–Crippen MR) is 74.6 cm³/mol. The van der Waals surface area contributed by atoms with Gasteiger partial charge in [-0.25, -0.2) is 4.98 Å². The lowest BCUT2D eigenvalue weighted by molar-refractivity contribution is -0.0488. The first-order chi connectivity index (χ1) is 10.2. The Kier molecular flexibility index (Phi) is 5.26. The molecule has 0 saturated carbocycles. The highest BCUT2D eigenvalue weighted by atomic mass is 16.5. The molecule has 0 radical (unpaired) electrons. The molecule has 9 nitrogen and oxygen atoms in total. The van der Waals surface area contributed by atoms with Crippen molar-refractivity contribution in [1.29, 1.82) is 0 Å². The van der Waals surface area contributed by atoms with Crippen LogP contribution in [0.4, 0.5) is 5.95 Å². The molecule has 0 saturated heterocycles. The SMILES string of the molecule is CCCOc1nc(N)nc2c1ncn2COC(CO)CO. The Morgan fingerprint density at radius 3 is 2.76 bits per heavy atom. The second-order valence-corrected chi connectivity index (χ2v) is 4.40. The summed E-state index contributed by atoms with van der Waals surface area (Å²) in [4.78, 5) is 12.3. The number of aromatic nitrogens is 4. The zero-order valence-electron chi connectivity index (χ0n) is 11.8. The molecule has 0 amide bonds. The van der Waals surface area contributed by atoms with Gasteiger partial charge in [0.1, 0.15) is 12.8 Å². The van der Waals surface area contributed by atoms with Crippen LogP contribution in [-0.2, 0) is 11.5 Å². The summed E-state index contributed by atoms with van der Waals surface area (Å²) in [5, 5.41) is 18.0. The fraction of sp³-hybridized carbons (Fsp3) is 0.583. The summed E-state index contributed by atoms with van der Waals surface area (Å²) in [7, 11) is 0. The number of hydrogen-bond donors (Lipinski definition) is 3. The molecule has 0 spiro atoms. The molecule has 2 aromatic heterocycles. The molecular formula is C12H19N5O4. The van der Waals surface area contributed by atoms with Crippen molar-refractivity contribution in [2.45, 2.75) is 26.2 Å². The quantitative estimate of drug-likeness (QED) is 0.596. The van der Waals surface area contributed by atoms with Crippen LogP contribution in [0.25, 0.3) is 11.2 Å². The summed E-state index contributed by atoms with van der Waals surface area (Å²) < 4.78 is 12.4. The standard InChI is InChI=1S/C12H19N5O4/c1-2-3-20-11-9-10(15-12(13)16-11)17(6-14-9)7-21-8(4-18)5-19/h6,8,18-19H,2-5,7H2,1H3,(H2,13,15,16). The van der Waals surface area contributed by atoms with Gasteiger partial charge in [-0.3, -0.25) is 4.57 Å². The number of nitrogens with zero attached hydrogens (tertiary/aromatic N) is 4. The third-order valence-corrected chi connectivity index (χ3v) is 2.75. The highest BCUT2D eigenvalue weighted by Gasteiger charge is 2.14. The van der Waals surface area contributed by atoms with Crippen molar-refractivity contribution in [3.05, 3.63) is 6.33 Å². The fourth-order valence-electron chi connectivity index (χ4n) is 1.68. The second kappa shape index (κ2) is 7.16. The van der Waals surface area contributed by atoms with Crippen LogP contribution in [0.1, 0.15) is 13.3 Å². The van der Waals surface area contributed by atoms with Gasteiger partial charge in [-0.2, -0.15) is 9.97 Å². The molecule has 21 heavy (non-hydrogen) atoms. The number of ether oxygens (including phenoxy) is 2. The van der Waals surface area contributed by atoms with Gasteiger partial charge in [0, 0.05) is 0 Å². The number of rotatable bonds is 8. The number of aliphatic hydroxyl groups is 2. The molecule has 0 aliphatic heterocycles. The van der Waals surface area contributed by atoms with Crippen molar-refractivity contribution < 1.29 is 19.7 Å². The minimum Gasteiger partial charge on any atom is -0.476 e. The van der Waals surface area contributed by atoms with E-state index in [4.69, 9.17) is 25.4 Å². The van der Waals surface area contributed by atoms with Crippen LogP contribution in [0.5, 0.6) is 5.88 Å². The van der Waals surface area contributed by atoms with Crippen LogP contribution in [0.2, 0.25) is 0 Å². The van der Waals surface area contributed by atoms with Crippen molar-refractivity contribution in [2.75, 3.05) is 25.6 Å². The van der Waals surface area contributed by atoms with Crippen molar-refractivity contribution >= 4 is 17.1 Å². The van der Waals surface area contributed by atoms with Gasteiger partial charge in [0.25, 0.3) is 0 Å². The largest absolute Gasteiger partial charge is 0.476 e. The molecule has 9 heteroatoms. The van der Waals surface area contributed by atoms with Crippen LogP contribution in [0, 0.1) is 0 Å². The molecular weight excluding hydrogens is 278 g/mol. The third-order valence-electron chi connectivity index (χ3n) is 2.75. The minimum atomic E-state index is -0.655. The molecule has 2 heterocycles. The number of imidazole rings is 1. The first-order valence-corrected chi connectivity index (χ1v) is 6.64. The van der Waals surface area contributed by atoms with Crippen molar-refractivity contribution in [3.63, 3.8) is 0 Å². The van der Waals surface area contributed by atoms with Gasteiger partial charge in [-0.15, -0.1) is 0 Å². The Hall–Kier alpha value is -1.97. The Balaban J connectivity index is 2.24. The molecule has 0 unspecified atom stereocenters. The van der Waals surface area contributed by atoms with Gasteiger partial charge < -0.3 is 25.4 Å². The minimum absolute atomic E-state index is 0.0754. The van der Waals surface area contributed by atoms with Gasteiger partial charge >= 0.3 is 0 Å². The monoisotopic (exact) mass is 297 g/mol.